The second-order valence-corrected chi connectivity index (χ2v) is 6.01. The summed E-state index contributed by atoms with van der Waals surface area (Å²) in [5.74, 6) is 1.65. The van der Waals surface area contributed by atoms with Crippen molar-refractivity contribution in [1.82, 2.24) is 10.3 Å². The van der Waals surface area contributed by atoms with Gasteiger partial charge in [-0.1, -0.05) is 22.0 Å². The molecule has 2 aromatic rings. The number of aromatic nitrogens is 1. The number of rotatable bonds is 3. The Morgan fingerprint density at radius 1 is 1.42 bits per heavy atom. The lowest BCUT2D eigenvalue weighted by Crippen LogP contribution is -2.34. The van der Waals surface area contributed by atoms with E-state index in [9.17, 15) is 0 Å². The van der Waals surface area contributed by atoms with Crippen LogP contribution in [0.3, 0.4) is 0 Å². The molecule has 19 heavy (non-hydrogen) atoms. The molecule has 3 rings (SSSR count). The van der Waals surface area contributed by atoms with Gasteiger partial charge in [0.05, 0.1) is 12.7 Å². The van der Waals surface area contributed by atoms with Crippen LogP contribution in [0, 0.1) is 6.92 Å². The third-order valence-electron chi connectivity index (χ3n) is 3.61. The molecule has 0 amide bonds. The zero-order valence-electron chi connectivity index (χ0n) is 10.9. The second kappa shape index (κ2) is 5.47. The Balaban J connectivity index is 1.61. The van der Waals surface area contributed by atoms with E-state index in [-0.39, 0.29) is 0 Å². The number of hydrogen-bond donors (Lipinski definition) is 1. The van der Waals surface area contributed by atoms with Gasteiger partial charge in [-0.3, -0.25) is 0 Å². The van der Waals surface area contributed by atoms with Gasteiger partial charge in [-0.2, -0.15) is 0 Å². The highest BCUT2D eigenvalue weighted by Crippen LogP contribution is 2.24. The molecule has 100 valence electrons. The van der Waals surface area contributed by atoms with Crippen LogP contribution in [-0.4, -0.2) is 11.0 Å². The van der Waals surface area contributed by atoms with E-state index in [1.54, 1.807) is 6.20 Å². The van der Waals surface area contributed by atoms with E-state index in [4.69, 9.17) is 4.42 Å². The van der Waals surface area contributed by atoms with Crippen molar-refractivity contribution >= 4 is 15.9 Å². The summed E-state index contributed by atoms with van der Waals surface area (Å²) in [6.07, 6.45) is 5.16. The molecule has 1 aromatic carbocycles. The maximum atomic E-state index is 5.48. The zero-order valence-corrected chi connectivity index (χ0v) is 12.5. The van der Waals surface area contributed by atoms with Crippen molar-refractivity contribution in [2.24, 2.45) is 0 Å². The van der Waals surface area contributed by atoms with E-state index in [0.717, 1.165) is 24.5 Å². The van der Waals surface area contributed by atoms with Crippen molar-refractivity contribution in [3.05, 3.63) is 51.6 Å². The van der Waals surface area contributed by atoms with E-state index in [2.05, 4.69) is 44.4 Å². The Bertz CT molecular complexity index is 579. The molecule has 0 saturated heterocycles. The summed E-state index contributed by atoms with van der Waals surface area (Å²) in [4.78, 5) is 4.22. The lowest BCUT2D eigenvalue weighted by molar-refractivity contribution is 0.400. The number of aryl methyl sites for hydroxylation is 2. The molecule has 1 aliphatic rings. The van der Waals surface area contributed by atoms with Crippen molar-refractivity contribution in [2.45, 2.75) is 38.8 Å². The lowest BCUT2D eigenvalue weighted by atomic mass is 9.88. The van der Waals surface area contributed by atoms with Crippen molar-refractivity contribution in [2.75, 3.05) is 0 Å². The summed E-state index contributed by atoms with van der Waals surface area (Å²) in [6, 6.07) is 7.10. The molecule has 0 spiro atoms. The molecule has 0 fully saturated rings. The van der Waals surface area contributed by atoms with Gasteiger partial charge in [0.1, 0.15) is 5.76 Å². The number of oxazole rings is 1. The molecular weight excluding hydrogens is 304 g/mol. The predicted octanol–water partition coefficient (Wildman–Crippen LogP) is 3.39. The van der Waals surface area contributed by atoms with Crippen LogP contribution in [0.1, 0.15) is 29.2 Å². The third-order valence-corrected chi connectivity index (χ3v) is 4.10. The first kappa shape index (κ1) is 12.9. The minimum Gasteiger partial charge on any atom is -0.445 e. The van der Waals surface area contributed by atoms with Crippen LogP contribution in [0.4, 0.5) is 0 Å². The number of halogens is 1. The van der Waals surface area contributed by atoms with Gasteiger partial charge in [0, 0.05) is 10.5 Å². The number of nitrogens with zero attached hydrogens (tertiary/aromatic N) is 1. The Kier molecular flexibility index (Phi) is 3.71. The largest absolute Gasteiger partial charge is 0.445 e. The first-order valence-electron chi connectivity index (χ1n) is 6.63. The molecule has 1 unspecified atom stereocenters. The molecule has 0 saturated carbocycles. The second-order valence-electron chi connectivity index (χ2n) is 5.10. The van der Waals surface area contributed by atoms with Gasteiger partial charge in [-0.15, -0.1) is 0 Å². The molecule has 1 N–H and O–H groups in total. The highest BCUT2D eigenvalue weighted by molar-refractivity contribution is 9.10. The molecule has 1 aliphatic carbocycles. The topological polar surface area (TPSA) is 38.1 Å². The summed E-state index contributed by atoms with van der Waals surface area (Å²) in [5, 5.41) is 3.54. The van der Waals surface area contributed by atoms with Crippen LogP contribution < -0.4 is 5.32 Å². The fourth-order valence-corrected chi connectivity index (χ4v) is 3.02. The minimum absolute atomic E-state index is 0.515. The highest BCUT2D eigenvalue weighted by Gasteiger charge is 2.18. The molecule has 0 bridgehead atoms. The Morgan fingerprint density at radius 3 is 3.11 bits per heavy atom. The van der Waals surface area contributed by atoms with E-state index in [0.29, 0.717) is 12.6 Å². The van der Waals surface area contributed by atoms with E-state index in [1.165, 1.54) is 22.0 Å². The first-order chi connectivity index (χ1) is 9.20. The Hall–Kier alpha value is -1.13. The minimum atomic E-state index is 0.515. The first-order valence-corrected chi connectivity index (χ1v) is 7.42. The molecule has 1 atom stereocenters. The molecular formula is C15H17BrN2O. The molecule has 1 aromatic heterocycles. The fraction of sp³-hybridized carbons (Fsp3) is 0.400. The van der Waals surface area contributed by atoms with Crippen LogP contribution in [-0.2, 0) is 19.4 Å². The standard InChI is InChI=1S/C15H17BrN2O/c1-10-8-18-15(19-10)9-17-14-5-3-11-6-13(16)4-2-12(11)7-14/h2,4,6,8,14,17H,3,5,7,9H2,1H3. The number of nitrogens with one attached hydrogen (secondary N) is 1. The Labute approximate surface area is 121 Å². The van der Waals surface area contributed by atoms with E-state index in [1.807, 2.05) is 6.92 Å². The summed E-state index contributed by atoms with van der Waals surface area (Å²) in [7, 11) is 0. The van der Waals surface area contributed by atoms with Crippen molar-refractivity contribution in [3.8, 4) is 0 Å². The smallest absolute Gasteiger partial charge is 0.208 e. The van der Waals surface area contributed by atoms with Gasteiger partial charge < -0.3 is 9.73 Å². The van der Waals surface area contributed by atoms with Gasteiger partial charge in [-0.25, -0.2) is 4.98 Å². The highest BCUT2D eigenvalue weighted by atomic mass is 79.9. The molecule has 3 nitrogen and oxygen atoms in total. The van der Waals surface area contributed by atoms with Crippen molar-refractivity contribution in [1.29, 1.82) is 0 Å². The van der Waals surface area contributed by atoms with Crippen LogP contribution in [0.2, 0.25) is 0 Å². The van der Waals surface area contributed by atoms with Crippen LogP contribution in [0.25, 0.3) is 0 Å². The number of benzene rings is 1. The molecule has 0 radical (unpaired) electrons. The van der Waals surface area contributed by atoms with Gasteiger partial charge in [0.2, 0.25) is 5.89 Å². The maximum Gasteiger partial charge on any atom is 0.208 e. The number of fused-ring (bicyclic) bond motifs is 1. The maximum absolute atomic E-state index is 5.48. The van der Waals surface area contributed by atoms with E-state index < -0.39 is 0 Å². The summed E-state index contributed by atoms with van der Waals surface area (Å²) in [5.41, 5.74) is 2.93. The quantitative estimate of drug-likeness (QED) is 0.942. The van der Waals surface area contributed by atoms with Gasteiger partial charge in [0.15, 0.2) is 0 Å². The zero-order chi connectivity index (χ0) is 13.2. The predicted molar refractivity (Wildman–Crippen MR) is 78.0 cm³/mol. The monoisotopic (exact) mass is 320 g/mol. The van der Waals surface area contributed by atoms with Gasteiger partial charge in [0.25, 0.3) is 0 Å². The molecule has 1 heterocycles. The number of hydrogen-bond acceptors (Lipinski definition) is 3. The van der Waals surface area contributed by atoms with Crippen molar-refractivity contribution < 1.29 is 4.42 Å². The van der Waals surface area contributed by atoms with Crippen molar-refractivity contribution in [3.63, 3.8) is 0 Å². The van der Waals surface area contributed by atoms with Crippen LogP contribution in [0.15, 0.2) is 33.3 Å². The molecule has 4 heteroatoms. The van der Waals surface area contributed by atoms with Gasteiger partial charge >= 0.3 is 0 Å². The third kappa shape index (κ3) is 3.07. The van der Waals surface area contributed by atoms with Gasteiger partial charge in [-0.05, 0) is 49.4 Å². The van der Waals surface area contributed by atoms with Crippen LogP contribution in [0.5, 0.6) is 0 Å². The summed E-state index contributed by atoms with van der Waals surface area (Å²) >= 11 is 3.53. The van der Waals surface area contributed by atoms with Crippen LogP contribution >= 0.6 is 15.9 Å². The average Bonchev–Trinajstić information content (AvgIpc) is 2.82. The normalized spacial score (nSPS) is 18.3. The fourth-order valence-electron chi connectivity index (χ4n) is 2.61. The summed E-state index contributed by atoms with van der Waals surface area (Å²) in [6.45, 7) is 2.63. The Morgan fingerprint density at radius 2 is 2.32 bits per heavy atom. The average molecular weight is 321 g/mol. The lowest BCUT2D eigenvalue weighted by Gasteiger charge is -2.25. The molecule has 0 aliphatic heterocycles. The summed E-state index contributed by atoms with van der Waals surface area (Å²) < 4.78 is 6.65. The SMILES string of the molecule is Cc1cnc(CNC2CCc3cc(Br)ccc3C2)o1. The van der Waals surface area contributed by atoms with E-state index >= 15 is 0 Å².